The van der Waals surface area contributed by atoms with E-state index in [1.54, 1.807) is 18.4 Å². The number of carbonyl (C=O) groups excluding carboxylic acids is 1. The van der Waals surface area contributed by atoms with Crippen LogP contribution in [0.1, 0.15) is 38.5 Å². The number of methoxy groups -OCH3 is 1. The Morgan fingerprint density at radius 2 is 2.00 bits per heavy atom. The van der Waals surface area contributed by atoms with Crippen LogP contribution in [0, 0.1) is 0 Å². The number of allylic oxidation sites excluding steroid dienone is 1. The van der Waals surface area contributed by atoms with Crippen LogP contribution in [0.5, 0.6) is 0 Å². The van der Waals surface area contributed by atoms with Gasteiger partial charge in [-0.2, -0.15) is 0 Å². The first-order chi connectivity index (χ1) is 11.7. The van der Waals surface area contributed by atoms with Gasteiger partial charge in [0.1, 0.15) is 0 Å². The number of carbonyl (C=O) groups is 1. The van der Waals surface area contributed by atoms with Crippen LogP contribution in [0.25, 0.3) is 6.08 Å². The van der Waals surface area contributed by atoms with Gasteiger partial charge in [0, 0.05) is 30.5 Å². The van der Waals surface area contributed by atoms with Crippen molar-refractivity contribution in [2.75, 3.05) is 20.2 Å². The molecule has 2 aliphatic rings. The molecule has 1 amide bonds. The molecule has 1 aromatic carbocycles. The van der Waals surface area contributed by atoms with Crippen LogP contribution in [0.3, 0.4) is 0 Å². The molecule has 1 aliphatic heterocycles. The number of benzene rings is 1. The van der Waals surface area contributed by atoms with Crippen molar-refractivity contribution < 1.29 is 9.53 Å². The van der Waals surface area contributed by atoms with Crippen molar-refractivity contribution >= 4 is 23.3 Å². The van der Waals surface area contributed by atoms with E-state index in [-0.39, 0.29) is 11.3 Å². The van der Waals surface area contributed by atoms with Gasteiger partial charge in [-0.3, -0.25) is 4.79 Å². The lowest BCUT2D eigenvalue weighted by molar-refractivity contribution is 0.0695. The van der Waals surface area contributed by atoms with Gasteiger partial charge < -0.3 is 9.64 Å². The third-order valence-corrected chi connectivity index (χ3v) is 6.23. The summed E-state index contributed by atoms with van der Waals surface area (Å²) in [5.41, 5.74) is 2.89. The fraction of sp³-hybridized carbons (Fsp3) is 0.350. The molecule has 0 radical (unpaired) electrons. The van der Waals surface area contributed by atoms with E-state index in [2.05, 4.69) is 36.4 Å². The van der Waals surface area contributed by atoms with E-state index >= 15 is 0 Å². The predicted molar refractivity (Wildman–Crippen MR) is 97.3 cm³/mol. The first-order valence-corrected chi connectivity index (χ1v) is 9.19. The molecular weight excluding hydrogens is 318 g/mol. The molecule has 1 fully saturated rings. The van der Waals surface area contributed by atoms with Crippen LogP contribution in [-0.4, -0.2) is 31.0 Å². The summed E-state index contributed by atoms with van der Waals surface area (Å²) in [6.07, 6.45) is 6.59. The molecule has 0 saturated carbocycles. The van der Waals surface area contributed by atoms with Gasteiger partial charge in [0.2, 0.25) is 0 Å². The van der Waals surface area contributed by atoms with Crippen LogP contribution in [0.4, 0.5) is 0 Å². The summed E-state index contributed by atoms with van der Waals surface area (Å²) in [7, 11) is 1.68. The first kappa shape index (κ1) is 15.6. The average molecular weight is 339 g/mol. The molecule has 4 heteroatoms. The summed E-state index contributed by atoms with van der Waals surface area (Å²) in [6.45, 7) is 2.20. The third kappa shape index (κ3) is 2.60. The number of nitrogens with zero attached hydrogens (tertiary/aromatic N) is 1. The van der Waals surface area contributed by atoms with Gasteiger partial charge in [-0.05, 0) is 36.1 Å². The maximum absolute atomic E-state index is 12.7. The molecule has 1 aromatic heterocycles. The minimum absolute atomic E-state index is 0.129. The molecule has 1 saturated heterocycles. The first-order valence-electron chi connectivity index (χ1n) is 8.37. The Balaban J connectivity index is 1.47. The van der Waals surface area contributed by atoms with Gasteiger partial charge in [0.05, 0.1) is 11.5 Å². The lowest BCUT2D eigenvalue weighted by Gasteiger charge is -2.39. The van der Waals surface area contributed by atoms with Crippen molar-refractivity contribution in [2.24, 2.45) is 0 Å². The van der Waals surface area contributed by atoms with E-state index in [4.69, 9.17) is 4.74 Å². The van der Waals surface area contributed by atoms with Crippen molar-refractivity contribution in [3.05, 3.63) is 63.4 Å². The molecule has 4 rings (SSSR count). The molecule has 1 spiro atoms. The smallest absolute Gasteiger partial charge is 0.263 e. The summed E-state index contributed by atoms with van der Waals surface area (Å²) in [6, 6.07) is 12.5. The molecule has 0 bridgehead atoms. The fourth-order valence-corrected chi connectivity index (χ4v) is 4.80. The minimum Gasteiger partial charge on any atom is -0.379 e. The highest BCUT2D eigenvalue weighted by Crippen LogP contribution is 2.43. The monoisotopic (exact) mass is 339 g/mol. The minimum atomic E-state index is 0.129. The second-order valence-corrected chi connectivity index (χ2v) is 7.74. The number of hydrogen-bond acceptors (Lipinski definition) is 3. The number of ether oxygens (including phenoxy) is 1. The van der Waals surface area contributed by atoms with Crippen molar-refractivity contribution in [3.63, 3.8) is 0 Å². The molecule has 124 valence electrons. The van der Waals surface area contributed by atoms with Crippen LogP contribution in [0.2, 0.25) is 0 Å². The Kier molecular flexibility index (Phi) is 4.02. The normalized spacial score (nSPS) is 18.1. The van der Waals surface area contributed by atoms with E-state index < -0.39 is 0 Å². The van der Waals surface area contributed by atoms with Crippen LogP contribution < -0.4 is 0 Å². The van der Waals surface area contributed by atoms with E-state index in [9.17, 15) is 4.79 Å². The van der Waals surface area contributed by atoms with Gasteiger partial charge in [0.25, 0.3) is 5.91 Å². The molecule has 2 heterocycles. The molecule has 3 nitrogen and oxygen atoms in total. The van der Waals surface area contributed by atoms with Gasteiger partial charge in [0.15, 0.2) is 0 Å². The Morgan fingerprint density at radius 1 is 1.21 bits per heavy atom. The number of amides is 1. The van der Waals surface area contributed by atoms with Gasteiger partial charge in [-0.25, -0.2) is 0 Å². The summed E-state index contributed by atoms with van der Waals surface area (Å²) in [5.74, 6) is 0.160. The predicted octanol–water partition coefficient (Wildman–Crippen LogP) is 4.10. The van der Waals surface area contributed by atoms with Crippen molar-refractivity contribution in [1.82, 2.24) is 4.90 Å². The lowest BCUT2D eigenvalue weighted by Crippen LogP contribution is -2.43. The molecule has 24 heavy (non-hydrogen) atoms. The van der Waals surface area contributed by atoms with Crippen molar-refractivity contribution in [3.8, 4) is 0 Å². The number of thiophene rings is 1. The Bertz CT molecular complexity index is 784. The van der Waals surface area contributed by atoms with Gasteiger partial charge in [-0.1, -0.05) is 36.4 Å². The zero-order valence-corrected chi connectivity index (χ0v) is 14.6. The van der Waals surface area contributed by atoms with Gasteiger partial charge in [-0.15, -0.1) is 11.3 Å². The highest BCUT2D eigenvalue weighted by Gasteiger charge is 2.39. The van der Waals surface area contributed by atoms with Gasteiger partial charge >= 0.3 is 0 Å². The Labute approximate surface area is 146 Å². The SMILES string of the molecule is COCc1ccc(C(=O)N2CCC3(C=Cc4ccccc43)CC2)s1. The number of likely N-dealkylation sites (tertiary alicyclic amines) is 1. The van der Waals surface area contributed by atoms with Crippen LogP contribution in [0.15, 0.2) is 42.5 Å². The Hall–Kier alpha value is -1.91. The standard InChI is InChI=1S/C20H21NO2S/c1-23-14-16-6-7-18(24-16)19(22)21-12-10-20(11-13-21)9-8-15-4-2-3-5-17(15)20/h2-9H,10-14H2,1H3. The summed E-state index contributed by atoms with van der Waals surface area (Å²) >= 11 is 1.54. The lowest BCUT2D eigenvalue weighted by atomic mass is 9.74. The molecular formula is C20H21NO2S. The third-order valence-electron chi connectivity index (χ3n) is 5.18. The fourth-order valence-electron chi connectivity index (χ4n) is 3.85. The van der Waals surface area contributed by atoms with Crippen LogP contribution in [-0.2, 0) is 16.8 Å². The van der Waals surface area contributed by atoms with Crippen molar-refractivity contribution in [1.29, 1.82) is 0 Å². The largest absolute Gasteiger partial charge is 0.379 e. The number of hydrogen-bond donors (Lipinski definition) is 0. The molecule has 2 aromatic rings. The van der Waals surface area contributed by atoms with Crippen LogP contribution >= 0.6 is 11.3 Å². The maximum atomic E-state index is 12.7. The molecule has 0 unspecified atom stereocenters. The second-order valence-electron chi connectivity index (χ2n) is 6.57. The second kappa shape index (κ2) is 6.19. The summed E-state index contributed by atoms with van der Waals surface area (Å²) in [5, 5.41) is 0. The van der Waals surface area contributed by atoms with E-state index in [0.29, 0.717) is 6.61 Å². The van der Waals surface area contributed by atoms with E-state index in [1.165, 1.54) is 11.1 Å². The zero-order chi connectivity index (χ0) is 16.6. The number of piperidine rings is 1. The number of fused-ring (bicyclic) bond motifs is 2. The summed E-state index contributed by atoms with van der Waals surface area (Å²) < 4.78 is 5.14. The molecule has 0 N–H and O–H groups in total. The average Bonchev–Trinajstić information content (AvgIpc) is 3.22. The quantitative estimate of drug-likeness (QED) is 0.843. The molecule has 1 aliphatic carbocycles. The number of rotatable bonds is 3. The highest BCUT2D eigenvalue weighted by atomic mass is 32.1. The Morgan fingerprint density at radius 3 is 2.79 bits per heavy atom. The zero-order valence-electron chi connectivity index (χ0n) is 13.8. The highest BCUT2D eigenvalue weighted by molar-refractivity contribution is 7.14. The summed E-state index contributed by atoms with van der Waals surface area (Å²) in [4.78, 5) is 16.7. The van der Waals surface area contributed by atoms with E-state index in [1.807, 2.05) is 17.0 Å². The van der Waals surface area contributed by atoms with Crippen molar-refractivity contribution in [2.45, 2.75) is 24.9 Å². The maximum Gasteiger partial charge on any atom is 0.263 e. The molecule has 0 atom stereocenters. The van der Waals surface area contributed by atoms with E-state index in [0.717, 1.165) is 35.7 Å². The topological polar surface area (TPSA) is 29.5 Å².